The molecule has 0 radical (unpaired) electrons. The predicted molar refractivity (Wildman–Crippen MR) is 80.1 cm³/mol. The largest absolute Gasteiger partial charge is 0.398 e. The molecule has 0 atom stereocenters. The van der Waals surface area contributed by atoms with E-state index in [0.29, 0.717) is 10.0 Å². The third-order valence-electron chi connectivity index (χ3n) is 3.33. The van der Waals surface area contributed by atoms with Gasteiger partial charge in [0.1, 0.15) is 0 Å². The Hall–Kier alpha value is -0.700. The Morgan fingerprint density at radius 2 is 1.83 bits per heavy atom. The molecular weight excluding hydrogens is 291 g/mol. The monoisotopic (exact) mass is 302 g/mol. The van der Waals surface area contributed by atoms with Crippen molar-refractivity contribution in [3.8, 4) is 0 Å². The summed E-state index contributed by atoms with van der Waals surface area (Å²) in [6, 6.07) is 3.56. The minimum Gasteiger partial charge on any atom is -0.398 e. The van der Waals surface area contributed by atoms with Crippen LogP contribution >= 0.6 is 35.6 Å². The normalized spacial score (nSPS) is 14.1. The SMILES string of the molecule is Cl.Nc1c2c(nc3c(Cl)cc(Cl)cc13)CCCC2. The Bertz CT molecular complexity index is 611. The van der Waals surface area contributed by atoms with Crippen molar-refractivity contribution < 1.29 is 0 Å². The Morgan fingerprint density at radius 1 is 1.11 bits per heavy atom. The minimum atomic E-state index is 0. The molecule has 0 spiro atoms. The Kier molecular flexibility index (Phi) is 3.90. The van der Waals surface area contributed by atoms with Crippen LogP contribution in [-0.4, -0.2) is 4.98 Å². The first kappa shape index (κ1) is 13.7. The van der Waals surface area contributed by atoms with Crippen molar-refractivity contribution in [2.75, 3.05) is 5.73 Å². The molecule has 0 bridgehead atoms. The zero-order chi connectivity index (χ0) is 12.0. The van der Waals surface area contributed by atoms with Gasteiger partial charge in [-0.1, -0.05) is 23.2 Å². The number of benzene rings is 1. The van der Waals surface area contributed by atoms with Gasteiger partial charge in [-0.05, 0) is 43.4 Å². The van der Waals surface area contributed by atoms with Crippen LogP contribution in [0.3, 0.4) is 0 Å². The average Bonchev–Trinajstić information content (AvgIpc) is 2.31. The van der Waals surface area contributed by atoms with E-state index >= 15 is 0 Å². The molecule has 0 unspecified atom stereocenters. The van der Waals surface area contributed by atoms with Gasteiger partial charge in [0, 0.05) is 21.8 Å². The third kappa shape index (κ3) is 2.13. The van der Waals surface area contributed by atoms with Gasteiger partial charge in [0.25, 0.3) is 0 Å². The van der Waals surface area contributed by atoms with E-state index in [9.17, 15) is 0 Å². The molecule has 96 valence electrons. The molecule has 0 saturated carbocycles. The number of aromatic nitrogens is 1. The van der Waals surface area contributed by atoms with E-state index in [1.165, 1.54) is 18.4 Å². The standard InChI is InChI=1S/C13H12Cl2N2.ClH/c14-7-5-9-12(16)8-3-1-2-4-11(8)17-13(9)10(15)6-7;/h5-6H,1-4H2,(H2,16,17);1H. The zero-order valence-corrected chi connectivity index (χ0v) is 12.0. The van der Waals surface area contributed by atoms with Crippen molar-refractivity contribution in [3.63, 3.8) is 0 Å². The molecule has 0 saturated heterocycles. The van der Waals surface area contributed by atoms with Gasteiger partial charge >= 0.3 is 0 Å². The Balaban J connectivity index is 0.00000120. The summed E-state index contributed by atoms with van der Waals surface area (Å²) in [7, 11) is 0. The van der Waals surface area contributed by atoms with Crippen LogP contribution in [0.5, 0.6) is 0 Å². The molecule has 2 aromatic rings. The molecule has 5 heteroatoms. The molecule has 2 N–H and O–H groups in total. The van der Waals surface area contributed by atoms with Gasteiger partial charge in [-0.2, -0.15) is 0 Å². The van der Waals surface area contributed by atoms with Crippen molar-refractivity contribution in [2.45, 2.75) is 25.7 Å². The molecule has 1 aliphatic rings. The van der Waals surface area contributed by atoms with Crippen LogP contribution in [0.1, 0.15) is 24.1 Å². The second kappa shape index (κ2) is 5.12. The van der Waals surface area contributed by atoms with Crippen molar-refractivity contribution in [1.82, 2.24) is 4.98 Å². The maximum absolute atomic E-state index is 6.22. The van der Waals surface area contributed by atoms with Crippen LogP contribution in [0.2, 0.25) is 10.0 Å². The van der Waals surface area contributed by atoms with E-state index in [4.69, 9.17) is 28.9 Å². The first-order chi connectivity index (χ1) is 8.16. The number of nitrogens with two attached hydrogens (primary N) is 1. The molecule has 0 fully saturated rings. The van der Waals surface area contributed by atoms with Crippen molar-refractivity contribution in [1.29, 1.82) is 0 Å². The van der Waals surface area contributed by atoms with Gasteiger partial charge in [-0.3, -0.25) is 4.98 Å². The van der Waals surface area contributed by atoms with E-state index < -0.39 is 0 Å². The van der Waals surface area contributed by atoms with E-state index in [2.05, 4.69) is 4.98 Å². The van der Waals surface area contributed by atoms with Crippen LogP contribution < -0.4 is 5.73 Å². The molecule has 1 heterocycles. The number of aryl methyl sites for hydroxylation is 1. The number of rotatable bonds is 0. The van der Waals surface area contributed by atoms with Crippen LogP contribution in [0.25, 0.3) is 10.9 Å². The Labute approximate surface area is 122 Å². The lowest BCUT2D eigenvalue weighted by molar-refractivity contribution is 0.673. The predicted octanol–water partition coefficient (Wildman–Crippen LogP) is 4.42. The number of fused-ring (bicyclic) bond motifs is 2. The first-order valence-electron chi connectivity index (χ1n) is 5.73. The maximum atomic E-state index is 6.22. The number of anilines is 1. The van der Waals surface area contributed by atoms with E-state index in [-0.39, 0.29) is 12.4 Å². The van der Waals surface area contributed by atoms with Crippen molar-refractivity contribution in [3.05, 3.63) is 33.4 Å². The first-order valence-corrected chi connectivity index (χ1v) is 6.48. The summed E-state index contributed by atoms with van der Waals surface area (Å²) >= 11 is 12.2. The average molecular weight is 304 g/mol. The van der Waals surface area contributed by atoms with Crippen LogP contribution in [0, 0.1) is 0 Å². The van der Waals surface area contributed by atoms with Crippen LogP contribution in [0.15, 0.2) is 12.1 Å². The highest BCUT2D eigenvalue weighted by Crippen LogP contribution is 2.35. The van der Waals surface area contributed by atoms with E-state index in [0.717, 1.165) is 35.1 Å². The molecule has 18 heavy (non-hydrogen) atoms. The topological polar surface area (TPSA) is 38.9 Å². The summed E-state index contributed by atoms with van der Waals surface area (Å²) in [5.74, 6) is 0. The van der Waals surface area contributed by atoms with Crippen molar-refractivity contribution in [2.24, 2.45) is 0 Å². The number of hydrogen-bond acceptors (Lipinski definition) is 2. The summed E-state index contributed by atoms with van der Waals surface area (Å²) in [4.78, 5) is 4.65. The van der Waals surface area contributed by atoms with Gasteiger partial charge < -0.3 is 5.73 Å². The molecule has 3 rings (SSSR count). The fourth-order valence-corrected chi connectivity index (χ4v) is 3.02. The van der Waals surface area contributed by atoms with Gasteiger partial charge in [-0.15, -0.1) is 12.4 Å². The minimum absolute atomic E-state index is 0. The summed E-state index contributed by atoms with van der Waals surface area (Å²) in [6.45, 7) is 0. The fraction of sp³-hybridized carbons (Fsp3) is 0.308. The lowest BCUT2D eigenvalue weighted by Crippen LogP contribution is -2.09. The molecule has 1 aromatic heterocycles. The van der Waals surface area contributed by atoms with Crippen molar-refractivity contribution >= 4 is 52.2 Å². The van der Waals surface area contributed by atoms with Gasteiger partial charge in [0.2, 0.25) is 0 Å². The summed E-state index contributed by atoms with van der Waals surface area (Å²) in [5.41, 5.74) is 10.1. The van der Waals surface area contributed by atoms with Crippen LogP contribution in [0.4, 0.5) is 5.69 Å². The fourth-order valence-electron chi connectivity index (χ4n) is 2.49. The maximum Gasteiger partial charge on any atom is 0.0913 e. The zero-order valence-electron chi connectivity index (χ0n) is 9.67. The molecular formula is C13H13Cl3N2. The smallest absolute Gasteiger partial charge is 0.0913 e. The quantitative estimate of drug-likeness (QED) is 0.782. The van der Waals surface area contributed by atoms with Gasteiger partial charge in [-0.25, -0.2) is 0 Å². The Morgan fingerprint density at radius 3 is 2.61 bits per heavy atom. The highest BCUT2D eigenvalue weighted by atomic mass is 35.5. The molecule has 2 nitrogen and oxygen atoms in total. The second-order valence-electron chi connectivity index (χ2n) is 4.44. The number of halogens is 3. The lowest BCUT2D eigenvalue weighted by Gasteiger charge is -2.19. The highest BCUT2D eigenvalue weighted by Gasteiger charge is 2.17. The summed E-state index contributed by atoms with van der Waals surface area (Å²) < 4.78 is 0. The summed E-state index contributed by atoms with van der Waals surface area (Å²) in [5, 5.41) is 2.06. The molecule has 1 aromatic carbocycles. The molecule has 0 amide bonds. The highest BCUT2D eigenvalue weighted by molar-refractivity contribution is 6.38. The molecule has 1 aliphatic carbocycles. The van der Waals surface area contributed by atoms with Gasteiger partial charge in [0.05, 0.1) is 10.5 Å². The lowest BCUT2D eigenvalue weighted by atomic mass is 9.93. The second-order valence-corrected chi connectivity index (χ2v) is 5.29. The van der Waals surface area contributed by atoms with E-state index in [1.807, 2.05) is 6.07 Å². The third-order valence-corrected chi connectivity index (χ3v) is 3.84. The number of nitrogens with zero attached hydrogens (tertiary/aromatic N) is 1. The van der Waals surface area contributed by atoms with E-state index in [1.54, 1.807) is 6.07 Å². The van der Waals surface area contributed by atoms with Gasteiger partial charge in [0.15, 0.2) is 0 Å². The number of hydrogen-bond donors (Lipinski definition) is 1. The molecule has 0 aliphatic heterocycles. The summed E-state index contributed by atoms with van der Waals surface area (Å²) in [6.07, 6.45) is 4.36. The number of pyridine rings is 1. The number of nitrogen functional groups attached to an aromatic ring is 1. The van der Waals surface area contributed by atoms with Crippen LogP contribution in [-0.2, 0) is 12.8 Å².